The van der Waals surface area contributed by atoms with Crippen LogP contribution in [0.15, 0.2) is 30.3 Å². The molecule has 0 bridgehead atoms. The third-order valence-electron chi connectivity index (χ3n) is 3.73. The zero-order valence-electron chi connectivity index (χ0n) is 13.4. The maximum Gasteiger partial charge on any atom is 0.264 e. The topological polar surface area (TPSA) is 75.7 Å². The molecule has 0 spiro atoms. The van der Waals surface area contributed by atoms with Gasteiger partial charge < -0.3 is 5.32 Å². The van der Waals surface area contributed by atoms with Gasteiger partial charge >= 0.3 is 0 Å². The van der Waals surface area contributed by atoms with Crippen LogP contribution in [0.5, 0.6) is 0 Å². The third-order valence-corrected chi connectivity index (χ3v) is 4.32. The van der Waals surface area contributed by atoms with Gasteiger partial charge in [0.05, 0.1) is 12.9 Å². The number of benzene rings is 1. The first kappa shape index (κ1) is 17.9. The number of amides is 1. The van der Waals surface area contributed by atoms with Crippen LogP contribution in [0.2, 0.25) is 0 Å². The molecular weight excluding hydrogens is 316 g/mol. The fraction of sp³-hybridized carbons (Fsp3) is 0.562. The summed E-state index contributed by atoms with van der Waals surface area (Å²) in [7, 11) is -3.39. The van der Waals surface area contributed by atoms with Crippen molar-refractivity contribution in [1.82, 2.24) is 10.2 Å². The number of hydrogen-bond donors (Lipinski definition) is 1. The highest BCUT2D eigenvalue weighted by Gasteiger charge is 2.23. The Bertz CT molecular complexity index is 604. The molecule has 1 aliphatic rings. The average molecular weight is 340 g/mol. The number of hydrogen-bond acceptors (Lipinski definition) is 5. The van der Waals surface area contributed by atoms with Crippen LogP contribution in [0, 0.1) is 0 Å². The van der Waals surface area contributed by atoms with E-state index in [0.29, 0.717) is 12.8 Å². The van der Waals surface area contributed by atoms with Crippen LogP contribution in [0.1, 0.15) is 24.8 Å². The summed E-state index contributed by atoms with van der Waals surface area (Å²) in [5.74, 6) is 0.107. The Morgan fingerprint density at radius 3 is 2.65 bits per heavy atom. The normalized spacial score (nSPS) is 18.3. The van der Waals surface area contributed by atoms with E-state index in [1.165, 1.54) is 5.56 Å². The molecule has 7 heteroatoms. The van der Waals surface area contributed by atoms with E-state index in [1.807, 2.05) is 18.2 Å². The highest BCUT2D eigenvalue weighted by Crippen LogP contribution is 2.12. The van der Waals surface area contributed by atoms with Crippen molar-refractivity contribution in [3.8, 4) is 0 Å². The van der Waals surface area contributed by atoms with Gasteiger partial charge in [0.2, 0.25) is 5.91 Å². The van der Waals surface area contributed by atoms with Crippen LogP contribution in [0.3, 0.4) is 0 Å². The molecule has 2 rings (SSSR count). The second-order valence-corrected chi connectivity index (χ2v) is 7.55. The number of nitrogens with one attached hydrogen (secondary N) is 1. The fourth-order valence-electron chi connectivity index (χ4n) is 2.70. The maximum atomic E-state index is 11.3. The predicted molar refractivity (Wildman–Crippen MR) is 88.3 cm³/mol. The van der Waals surface area contributed by atoms with Gasteiger partial charge in [-0.1, -0.05) is 30.3 Å². The highest BCUT2D eigenvalue weighted by atomic mass is 32.2. The largest absolute Gasteiger partial charge is 0.352 e. The van der Waals surface area contributed by atoms with Crippen molar-refractivity contribution in [2.45, 2.75) is 31.8 Å². The number of rotatable bonds is 9. The summed E-state index contributed by atoms with van der Waals surface area (Å²) >= 11 is 0. The third kappa shape index (κ3) is 7.11. The number of carbonyl (C=O) groups excluding carboxylic acids is 1. The first-order chi connectivity index (χ1) is 10.9. The minimum atomic E-state index is -3.39. The molecule has 1 amide bonds. The highest BCUT2D eigenvalue weighted by molar-refractivity contribution is 7.85. The van der Waals surface area contributed by atoms with E-state index >= 15 is 0 Å². The molecule has 6 nitrogen and oxygen atoms in total. The van der Waals surface area contributed by atoms with Crippen molar-refractivity contribution in [3.05, 3.63) is 35.9 Å². The van der Waals surface area contributed by atoms with Crippen molar-refractivity contribution in [2.75, 3.05) is 26.0 Å². The smallest absolute Gasteiger partial charge is 0.264 e. The molecule has 1 aromatic carbocycles. The monoisotopic (exact) mass is 340 g/mol. The molecule has 1 fully saturated rings. The molecule has 1 aromatic rings. The van der Waals surface area contributed by atoms with E-state index in [2.05, 4.69) is 22.3 Å². The lowest BCUT2D eigenvalue weighted by Gasteiger charge is -2.25. The Labute approximate surface area is 137 Å². The molecule has 128 valence electrons. The second-order valence-electron chi connectivity index (χ2n) is 5.90. The van der Waals surface area contributed by atoms with Gasteiger partial charge in [-0.3, -0.25) is 13.9 Å². The fourth-order valence-corrected chi connectivity index (χ4v) is 3.12. The van der Waals surface area contributed by atoms with Gasteiger partial charge in [-0.15, -0.1) is 0 Å². The van der Waals surface area contributed by atoms with Gasteiger partial charge in [-0.25, -0.2) is 0 Å². The van der Waals surface area contributed by atoms with Crippen molar-refractivity contribution in [1.29, 1.82) is 0 Å². The van der Waals surface area contributed by atoms with Crippen LogP contribution in [-0.4, -0.2) is 51.2 Å². The molecule has 1 saturated heterocycles. The van der Waals surface area contributed by atoms with Crippen molar-refractivity contribution in [2.24, 2.45) is 0 Å². The summed E-state index contributed by atoms with van der Waals surface area (Å²) in [6, 6.07) is 10.3. The van der Waals surface area contributed by atoms with E-state index < -0.39 is 10.1 Å². The van der Waals surface area contributed by atoms with Crippen LogP contribution in [0.4, 0.5) is 0 Å². The molecule has 0 saturated carbocycles. The summed E-state index contributed by atoms with van der Waals surface area (Å²) in [5, 5.41) is 2.98. The Morgan fingerprint density at radius 2 is 2.04 bits per heavy atom. The molecule has 0 unspecified atom stereocenters. The van der Waals surface area contributed by atoms with Gasteiger partial charge in [0.1, 0.15) is 0 Å². The lowest BCUT2D eigenvalue weighted by molar-refractivity contribution is -0.119. The standard InChI is InChI=1S/C16H24N2O4S/c1-23(20,21)22-11-5-10-18(12-14-6-3-2-4-7-14)13-15-8-9-16(19)17-15/h2-4,6-7,15H,5,8-13H2,1H3,(H,17,19)/t15-/m0/s1. The maximum absolute atomic E-state index is 11.3. The minimum absolute atomic E-state index is 0.107. The van der Waals surface area contributed by atoms with E-state index in [0.717, 1.165) is 32.3 Å². The van der Waals surface area contributed by atoms with E-state index in [-0.39, 0.29) is 18.6 Å². The molecule has 0 radical (unpaired) electrons. The quantitative estimate of drug-likeness (QED) is 0.539. The Morgan fingerprint density at radius 1 is 1.30 bits per heavy atom. The van der Waals surface area contributed by atoms with Gasteiger partial charge in [0, 0.05) is 32.1 Å². The van der Waals surface area contributed by atoms with Gasteiger partial charge in [0.15, 0.2) is 0 Å². The molecule has 0 aliphatic carbocycles. The van der Waals surface area contributed by atoms with Crippen molar-refractivity contribution >= 4 is 16.0 Å². The number of nitrogens with zero attached hydrogens (tertiary/aromatic N) is 1. The first-order valence-electron chi connectivity index (χ1n) is 7.82. The van der Waals surface area contributed by atoms with E-state index in [4.69, 9.17) is 4.18 Å². The molecule has 1 aliphatic heterocycles. The minimum Gasteiger partial charge on any atom is -0.352 e. The van der Waals surface area contributed by atoms with Crippen LogP contribution in [0.25, 0.3) is 0 Å². The summed E-state index contributed by atoms with van der Waals surface area (Å²) in [5.41, 5.74) is 1.20. The lowest BCUT2D eigenvalue weighted by atomic mass is 10.1. The SMILES string of the molecule is CS(=O)(=O)OCCCN(Cc1ccccc1)C[C@@H]1CCC(=O)N1. The van der Waals surface area contributed by atoms with Crippen LogP contribution in [-0.2, 0) is 25.6 Å². The molecule has 0 aromatic heterocycles. The summed E-state index contributed by atoms with van der Waals surface area (Å²) in [6.07, 6.45) is 3.12. The second kappa shape index (κ2) is 8.42. The van der Waals surface area contributed by atoms with Crippen LogP contribution >= 0.6 is 0 Å². The van der Waals surface area contributed by atoms with Gasteiger partial charge in [0.25, 0.3) is 10.1 Å². The van der Waals surface area contributed by atoms with Gasteiger partial charge in [-0.05, 0) is 18.4 Å². The first-order valence-corrected chi connectivity index (χ1v) is 9.64. The molecular formula is C16H24N2O4S. The Balaban J connectivity index is 1.86. The predicted octanol–water partition coefficient (Wildman–Crippen LogP) is 1.13. The Kier molecular flexibility index (Phi) is 6.56. The molecule has 1 N–H and O–H groups in total. The Hall–Kier alpha value is -1.44. The average Bonchev–Trinajstić information content (AvgIpc) is 2.89. The lowest BCUT2D eigenvalue weighted by Crippen LogP contribution is -2.39. The molecule has 1 heterocycles. The summed E-state index contributed by atoms with van der Waals surface area (Å²) in [4.78, 5) is 13.6. The molecule has 23 heavy (non-hydrogen) atoms. The van der Waals surface area contributed by atoms with E-state index in [1.54, 1.807) is 0 Å². The number of carbonyl (C=O) groups is 1. The summed E-state index contributed by atoms with van der Waals surface area (Å²) in [6.45, 7) is 2.43. The zero-order valence-corrected chi connectivity index (χ0v) is 14.2. The van der Waals surface area contributed by atoms with E-state index in [9.17, 15) is 13.2 Å². The van der Waals surface area contributed by atoms with Crippen LogP contribution < -0.4 is 5.32 Å². The molecule has 1 atom stereocenters. The van der Waals surface area contributed by atoms with Crippen molar-refractivity contribution in [3.63, 3.8) is 0 Å². The zero-order chi connectivity index (χ0) is 16.7. The van der Waals surface area contributed by atoms with Crippen molar-refractivity contribution < 1.29 is 17.4 Å². The van der Waals surface area contributed by atoms with Gasteiger partial charge in [-0.2, -0.15) is 8.42 Å². The summed E-state index contributed by atoms with van der Waals surface area (Å²) < 4.78 is 26.8.